The molecule has 0 bridgehead atoms. The molecule has 0 spiro atoms. The number of benzene rings is 2. The van der Waals surface area contributed by atoms with Crippen LogP contribution in [-0.2, 0) is 20.8 Å². The largest absolute Gasteiger partial charge is 0.497 e. The van der Waals surface area contributed by atoms with Crippen molar-refractivity contribution in [3.05, 3.63) is 54.1 Å². The monoisotopic (exact) mass is 464 g/mol. The third-order valence-electron chi connectivity index (χ3n) is 6.34. The number of carbonyl (C=O) groups is 4. The minimum atomic E-state index is -1.11. The van der Waals surface area contributed by atoms with Crippen LogP contribution >= 0.6 is 0 Å². The number of nitrogens with zero attached hydrogens (tertiary/aromatic N) is 2. The first kappa shape index (κ1) is 23.3. The van der Waals surface area contributed by atoms with Gasteiger partial charge in [-0.3, -0.25) is 19.3 Å². The Bertz CT molecular complexity index is 1130. The molecule has 0 saturated carbocycles. The maximum Gasteiger partial charge on any atom is 0.325 e. The molecule has 0 aliphatic carbocycles. The van der Waals surface area contributed by atoms with E-state index in [9.17, 15) is 19.2 Å². The highest BCUT2D eigenvalue weighted by Gasteiger charge is 2.48. The zero-order valence-corrected chi connectivity index (χ0v) is 19.5. The molecular formula is C25H28N4O5. The number of methoxy groups -OCH3 is 1. The molecule has 34 heavy (non-hydrogen) atoms. The Balaban J connectivity index is 1.48. The van der Waals surface area contributed by atoms with E-state index in [-0.39, 0.29) is 12.3 Å². The van der Waals surface area contributed by atoms with Crippen LogP contribution in [0.15, 0.2) is 48.5 Å². The number of amides is 5. The van der Waals surface area contributed by atoms with E-state index in [0.29, 0.717) is 24.2 Å². The van der Waals surface area contributed by atoms with Gasteiger partial charge in [0.1, 0.15) is 17.8 Å². The molecule has 178 valence electrons. The molecule has 2 aromatic rings. The Morgan fingerprint density at radius 2 is 1.82 bits per heavy atom. The summed E-state index contributed by atoms with van der Waals surface area (Å²) in [6, 6.07) is 13.5. The van der Waals surface area contributed by atoms with Gasteiger partial charge < -0.3 is 20.3 Å². The predicted octanol–water partition coefficient (Wildman–Crippen LogP) is 2.70. The molecule has 2 atom stereocenters. The van der Waals surface area contributed by atoms with E-state index >= 15 is 0 Å². The molecule has 2 aromatic carbocycles. The minimum absolute atomic E-state index is 0.111. The topological polar surface area (TPSA) is 108 Å². The van der Waals surface area contributed by atoms with E-state index in [1.165, 1.54) is 4.90 Å². The number of urea groups is 1. The van der Waals surface area contributed by atoms with Crippen LogP contribution in [0.25, 0.3) is 0 Å². The highest BCUT2D eigenvalue weighted by atomic mass is 16.5. The van der Waals surface area contributed by atoms with Crippen molar-refractivity contribution in [1.29, 1.82) is 0 Å². The minimum Gasteiger partial charge on any atom is -0.497 e. The second-order valence-electron chi connectivity index (χ2n) is 8.88. The average Bonchev–Trinajstić information content (AvgIpc) is 2.93. The number of rotatable bonds is 6. The Hall–Kier alpha value is -3.88. The van der Waals surface area contributed by atoms with Gasteiger partial charge in [-0.1, -0.05) is 24.3 Å². The van der Waals surface area contributed by atoms with Crippen molar-refractivity contribution in [2.45, 2.75) is 44.7 Å². The molecule has 5 amide bonds. The summed E-state index contributed by atoms with van der Waals surface area (Å²) in [5.74, 6) is -0.328. The average molecular weight is 465 g/mol. The Morgan fingerprint density at radius 3 is 2.53 bits per heavy atom. The summed E-state index contributed by atoms with van der Waals surface area (Å²) in [5, 5.41) is 5.56. The van der Waals surface area contributed by atoms with Crippen molar-refractivity contribution in [3.63, 3.8) is 0 Å². The number of imide groups is 1. The van der Waals surface area contributed by atoms with Crippen molar-refractivity contribution in [1.82, 2.24) is 10.2 Å². The summed E-state index contributed by atoms with van der Waals surface area (Å²) in [4.78, 5) is 53.9. The van der Waals surface area contributed by atoms with Crippen molar-refractivity contribution in [2.24, 2.45) is 0 Å². The third-order valence-corrected chi connectivity index (χ3v) is 6.34. The molecule has 0 radical (unpaired) electrons. The normalized spacial score (nSPS) is 22.1. The first-order valence-electron chi connectivity index (χ1n) is 11.2. The zero-order chi connectivity index (χ0) is 24.5. The third kappa shape index (κ3) is 4.46. The fourth-order valence-corrected chi connectivity index (χ4v) is 4.43. The second kappa shape index (κ2) is 9.17. The first-order valence-corrected chi connectivity index (χ1v) is 11.2. The smallest absolute Gasteiger partial charge is 0.325 e. The van der Waals surface area contributed by atoms with E-state index in [0.717, 1.165) is 16.2 Å². The van der Waals surface area contributed by atoms with Crippen molar-refractivity contribution >= 4 is 35.1 Å². The molecule has 2 aliphatic rings. The van der Waals surface area contributed by atoms with E-state index in [2.05, 4.69) is 10.6 Å². The molecule has 0 aromatic heterocycles. The summed E-state index contributed by atoms with van der Waals surface area (Å²) in [6.45, 7) is 3.04. The number of nitrogens with one attached hydrogen (secondary N) is 2. The number of ether oxygens (including phenoxy) is 1. The maximum atomic E-state index is 13.3. The highest BCUT2D eigenvalue weighted by Crippen LogP contribution is 2.32. The molecule has 2 N–H and O–H groups in total. The van der Waals surface area contributed by atoms with Gasteiger partial charge in [0.05, 0.1) is 18.5 Å². The van der Waals surface area contributed by atoms with Crippen LogP contribution in [0.4, 0.5) is 16.2 Å². The van der Waals surface area contributed by atoms with Crippen LogP contribution in [0, 0.1) is 0 Å². The highest BCUT2D eigenvalue weighted by molar-refractivity contribution is 6.11. The summed E-state index contributed by atoms with van der Waals surface area (Å²) in [7, 11) is 1.60. The lowest BCUT2D eigenvalue weighted by Crippen LogP contribution is -2.48. The first-order chi connectivity index (χ1) is 16.2. The molecule has 2 aliphatic heterocycles. The van der Waals surface area contributed by atoms with Crippen molar-refractivity contribution < 1.29 is 23.9 Å². The van der Waals surface area contributed by atoms with Gasteiger partial charge in [-0.25, -0.2) is 4.79 Å². The van der Waals surface area contributed by atoms with E-state index in [4.69, 9.17) is 4.74 Å². The van der Waals surface area contributed by atoms with Gasteiger partial charge >= 0.3 is 6.03 Å². The second-order valence-corrected chi connectivity index (χ2v) is 8.88. The van der Waals surface area contributed by atoms with Gasteiger partial charge in [0.2, 0.25) is 11.8 Å². The lowest BCUT2D eigenvalue weighted by atomic mass is 9.93. The Kier molecular flexibility index (Phi) is 6.28. The number of carbonyl (C=O) groups excluding carboxylic acids is 4. The molecule has 2 heterocycles. The standard InChI is InChI=1S/C25H28N4O5/c1-16-14-21(30)26-19-6-4-5-7-20(19)29(16)22(31)15-28-23(32)25(2,27-24(28)33)13-12-17-8-10-18(34-3)11-9-17/h4-11,16H,12-15H2,1-3H3,(H,26,30)(H,27,33). The van der Waals surface area contributed by atoms with Gasteiger partial charge in [-0.05, 0) is 56.5 Å². The van der Waals surface area contributed by atoms with Gasteiger partial charge in [0, 0.05) is 12.5 Å². The van der Waals surface area contributed by atoms with Gasteiger partial charge in [-0.15, -0.1) is 0 Å². The van der Waals surface area contributed by atoms with Gasteiger partial charge in [0.15, 0.2) is 0 Å². The predicted molar refractivity (Wildman–Crippen MR) is 127 cm³/mol. The van der Waals surface area contributed by atoms with E-state index in [1.54, 1.807) is 45.2 Å². The molecule has 2 unspecified atom stereocenters. The van der Waals surface area contributed by atoms with Crippen molar-refractivity contribution in [2.75, 3.05) is 23.9 Å². The summed E-state index contributed by atoms with van der Waals surface area (Å²) < 4.78 is 5.17. The Morgan fingerprint density at radius 1 is 1.12 bits per heavy atom. The summed E-state index contributed by atoms with van der Waals surface area (Å²) in [6.07, 6.45) is 1.06. The van der Waals surface area contributed by atoms with Gasteiger partial charge in [-0.2, -0.15) is 0 Å². The lowest BCUT2D eigenvalue weighted by molar-refractivity contribution is -0.134. The molecule has 4 rings (SSSR count). The van der Waals surface area contributed by atoms with E-state index < -0.39 is 36.0 Å². The maximum absolute atomic E-state index is 13.3. The summed E-state index contributed by atoms with van der Waals surface area (Å²) >= 11 is 0. The lowest BCUT2D eigenvalue weighted by Gasteiger charge is -2.29. The quantitative estimate of drug-likeness (QED) is 0.639. The van der Waals surface area contributed by atoms with Crippen LogP contribution in [0.2, 0.25) is 0 Å². The number of hydrogen-bond acceptors (Lipinski definition) is 5. The SMILES string of the molecule is COc1ccc(CCC2(C)NC(=O)N(CC(=O)N3c4ccccc4NC(=O)CC3C)C2=O)cc1. The number of para-hydroxylation sites is 2. The van der Waals surface area contributed by atoms with Crippen LogP contribution in [0.3, 0.4) is 0 Å². The Labute approximate surface area is 198 Å². The van der Waals surface area contributed by atoms with Crippen LogP contribution in [0.5, 0.6) is 5.75 Å². The van der Waals surface area contributed by atoms with Crippen LogP contribution in [-0.4, -0.2) is 53.9 Å². The number of hydrogen-bond donors (Lipinski definition) is 2. The number of fused-ring (bicyclic) bond motifs is 1. The number of anilines is 2. The number of aryl methyl sites for hydroxylation is 1. The molecule has 1 saturated heterocycles. The van der Waals surface area contributed by atoms with E-state index in [1.807, 2.05) is 24.3 Å². The fourth-order valence-electron chi connectivity index (χ4n) is 4.43. The zero-order valence-electron chi connectivity index (χ0n) is 19.5. The van der Waals surface area contributed by atoms with Gasteiger partial charge in [0.25, 0.3) is 5.91 Å². The molecular weight excluding hydrogens is 436 g/mol. The molecule has 9 nitrogen and oxygen atoms in total. The molecule has 9 heteroatoms. The summed E-state index contributed by atoms with van der Waals surface area (Å²) in [5.41, 5.74) is 0.953. The molecule has 1 fully saturated rings. The van der Waals surface area contributed by atoms with Crippen LogP contribution < -0.4 is 20.3 Å². The van der Waals surface area contributed by atoms with Crippen molar-refractivity contribution in [3.8, 4) is 5.75 Å². The van der Waals surface area contributed by atoms with Crippen LogP contribution in [0.1, 0.15) is 32.3 Å². The fraction of sp³-hybridized carbons (Fsp3) is 0.360.